The molecule has 0 saturated heterocycles. The number of rotatable bonds is 2. The van der Waals surface area contributed by atoms with E-state index in [-0.39, 0.29) is 0 Å². The van der Waals surface area contributed by atoms with Crippen LogP contribution in [-0.4, -0.2) is 0 Å². The molecule has 0 bridgehead atoms. The SMILES string of the molecule is C=Cc1cc(CN)oc1C. The normalized spacial score (nSPS) is 9.80. The molecule has 54 valence electrons. The summed E-state index contributed by atoms with van der Waals surface area (Å²) < 4.78 is 5.26. The maximum atomic E-state index is 5.36. The lowest BCUT2D eigenvalue weighted by atomic mass is 10.2. The average molecular weight is 137 g/mol. The Morgan fingerprint density at radius 3 is 2.80 bits per heavy atom. The fourth-order valence-electron chi connectivity index (χ4n) is 0.863. The van der Waals surface area contributed by atoms with Gasteiger partial charge in [-0.2, -0.15) is 0 Å². The van der Waals surface area contributed by atoms with Gasteiger partial charge in [0.1, 0.15) is 11.5 Å². The Hall–Kier alpha value is -1.02. The fraction of sp³-hybridized carbons (Fsp3) is 0.250. The summed E-state index contributed by atoms with van der Waals surface area (Å²) in [6, 6.07) is 1.91. The number of aryl methyl sites for hydroxylation is 1. The first-order chi connectivity index (χ1) is 4.77. The van der Waals surface area contributed by atoms with Gasteiger partial charge in [0.25, 0.3) is 0 Å². The zero-order chi connectivity index (χ0) is 7.56. The van der Waals surface area contributed by atoms with Crippen molar-refractivity contribution in [2.75, 3.05) is 0 Å². The van der Waals surface area contributed by atoms with Crippen LogP contribution in [-0.2, 0) is 6.54 Å². The molecule has 0 aliphatic carbocycles. The summed E-state index contributed by atoms with van der Waals surface area (Å²) in [5.74, 6) is 1.70. The minimum absolute atomic E-state index is 0.453. The van der Waals surface area contributed by atoms with Gasteiger partial charge in [-0.1, -0.05) is 12.7 Å². The summed E-state index contributed by atoms with van der Waals surface area (Å²) >= 11 is 0. The second-order valence-electron chi connectivity index (χ2n) is 2.13. The van der Waals surface area contributed by atoms with E-state index in [1.165, 1.54) is 0 Å². The molecule has 0 aromatic carbocycles. The van der Waals surface area contributed by atoms with Crippen LogP contribution in [0.4, 0.5) is 0 Å². The van der Waals surface area contributed by atoms with E-state index in [1.54, 1.807) is 6.08 Å². The monoisotopic (exact) mass is 137 g/mol. The standard InChI is InChI=1S/C8H11NO/c1-3-7-4-8(5-9)10-6(7)2/h3-4H,1,5,9H2,2H3. The van der Waals surface area contributed by atoms with Crippen LogP contribution in [0.2, 0.25) is 0 Å². The predicted octanol–water partition coefficient (Wildman–Crippen LogP) is 1.69. The lowest BCUT2D eigenvalue weighted by Crippen LogP contribution is -1.92. The third-order valence-corrected chi connectivity index (χ3v) is 1.43. The predicted molar refractivity (Wildman–Crippen MR) is 41.4 cm³/mol. The molecule has 10 heavy (non-hydrogen) atoms. The minimum atomic E-state index is 0.453. The van der Waals surface area contributed by atoms with Crippen LogP contribution >= 0.6 is 0 Å². The second-order valence-corrected chi connectivity index (χ2v) is 2.13. The van der Waals surface area contributed by atoms with Gasteiger partial charge in [0, 0.05) is 5.56 Å². The highest BCUT2D eigenvalue weighted by Crippen LogP contribution is 2.14. The van der Waals surface area contributed by atoms with E-state index >= 15 is 0 Å². The summed E-state index contributed by atoms with van der Waals surface area (Å²) in [6.45, 7) is 5.99. The molecule has 0 saturated carbocycles. The van der Waals surface area contributed by atoms with Gasteiger partial charge in [-0.05, 0) is 13.0 Å². The molecule has 0 radical (unpaired) electrons. The van der Waals surface area contributed by atoms with Crippen LogP contribution in [0, 0.1) is 6.92 Å². The van der Waals surface area contributed by atoms with Gasteiger partial charge >= 0.3 is 0 Å². The highest BCUT2D eigenvalue weighted by Gasteiger charge is 2.00. The van der Waals surface area contributed by atoms with Gasteiger partial charge in [0.05, 0.1) is 6.54 Å². The van der Waals surface area contributed by atoms with E-state index in [0.717, 1.165) is 17.1 Å². The largest absolute Gasteiger partial charge is 0.464 e. The Labute approximate surface area is 60.3 Å². The Morgan fingerprint density at radius 2 is 2.50 bits per heavy atom. The quantitative estimate of drug-likeness (QED) is 0.673. The lowest BCUT2D eigenvalue weighted by Gasteiger charge is -1.84. The van der Waals surface area contributed by atoms with Gasteiger partial charge < -0.3 is 10.2 Å². The van der Waals surface area contributed by atoms with E-state index < -0.39 is 0 Å². The third-order valence-electron chi connectivity index (χ3n) is 1.43. The van der Waals surface area contributed by atoms with Gasteiger partial charge in [-0.25, -0.2) is 0 Å². The Balaban J connectivity index is 3.03. The Morgan fingerprint density at radius 1 is 1.80 bits per heavy atom. The molecule has 0 amide bonds. The van der Waals surface area contributed by atoms with Crippen molar-refractivity contribution in [2.45, 2.75) is 13.5 Å². The number of hydrogen-bond donors (Lipinski definition) is 1. The fourth-order valence-corrected chi connectivity index (χ4v) is 0.863. The van der Waals surface area contributed by atoms with E-state index in [4.69, 9.17) is 10.2 Å². The van der Waals surface area contributed by atoms with Crippen molar-refractivity contribution < 1.29 is 4.42 Å². The van der Waals surface area contributed by atoms with Crippen molar-refractivity contribution in [3.63, 3.8) is 0 Å². The highest BCUT2D eigenvalue weighted by molar-refractivity contribution is 5.49. The molecule has 0 spiro atoms. The molecule has 1 heterocycles. The molecule has 0 unspecified atom stereocenters. The Bertz CT molecular complexity index is 237. The zero-order valence-electron chi connectivity index (χ0n) is 6.05. The van der Waals surface area contributed by atoms with Gasteiger partial charge in [0.2, 0.25) is 0 Å². The van der Waals surface area contributed by atoms with Crippen molar-refractivity contribution in [1.29, 1.82) is 0 Å². The molecule has 0 atom stereocenters. The maximum Gasteiger partial charge on any atom is 0.118 e. The average Bonchev–Trinajstić information content (AvgIpc) is 2.30. The Kier molecular flexibility index (Phi) is 1.92. The van der Waals surface area contributed by atoms with E-state index in [0.29, 0.717) is 6.54 Å². The summed E-state index contributed by atoms with van der Waals surface area (Å²) in [4.78, 5) is 0. The molecule has 2 nitrogen and oxygen atoms in total. The second kappa shape index (κ2) is 2.71. The van der Waals surface area contributed by atoms with Crippen LogP contribution in [0.15, 0.2) is 17.1 Å². The van der Waals surface area contributed by atoms with Crippen LogP contribution < -0.4 is 5.73 Å². The van der Waals surface area contributed by atoms with E-state index in [2.05, 4.69) is 6.58 Å². The van der Waals surface area contributed by atoms with Gasteiger partial charge in [-0.15, -0.1) is 0 Å². The first-order valence-corrected chi connectivity index (χ1v) is 3.19. The first kappa shape index (κ1) is 7.09. The highest BCUT2D eigenvalue weighted by atomic mass is 16.3. The van der Waals surface area contributed by atoms with Gasteiger partial charge in [-0.3, -0.25) is 0 Å². The van der Waals surface area contributed by atoms with Crippen molar-refractivity contribution in [1.82, 2.24) is 0 Å². The number of hydrogen-bond acceptors (Lipinski definition) is 2. The summed E-state index contributed by atoms with van der Waals surface area (Å²) in [6.07, 6.45) is 1.76. The van der Waals surface area contributed by atoms with Crippen LogP contribution in [0.1, 0.15) is 17.1 Å². The first-order valence-electron chi connectivity index (χ1n) is 3.19. The van der Waals surface area contributed by atoms with E-state index in [9.17, 15) is 0 Å². The van der Waals surface area contributed by atoms with Crippen LogP contribution in [0.5, 0.6) is 0 Å². The molecular formula is C8H11NO. The molecule has 1 aromatic rings. The van der Waals surface area contributed by atoms with E-state index in [1.807, 2.05) is 13.0 Å². The third kappa shape index (κ3) is 1.11. The molecule has 0 aliphatic heterocycles. The number of nitrogens with two attached hydrogens (primary N) is 1. The lowest BCUT2D eigenvalue weighted by molar-refractivity contribution is 0.485. The summed E-state index contributed by atoms with van der Waals surface area (Å²) in [5.41, 5.74) is 6.39. The van der Waals surface area contributed by atoms with Crippen molar-refractivity contribution in [3.05, 3.63) is 29.7 Å². The topological polar surface area (TPSA) is 39.2 Å². The number of furan rings is 1. The molecule has 0 fully saturated rings. The van der Waals surface area contributed by atoms with Crippen LogP contribution in [0.3, 0.4) is 0 Å². The summed E-state index contributed by atoms with van der Waals surface area (Å²) in [7, 11) is 0. The van der Waals surface area contributed by atoms with Crippen LogP contribution in [0.25, 0.3) is 6.08 Å². The van der Waals surface area contributed by atoms with Crippen molar-refractivity contribution in [3.8, 4) is 0 Å². The van der Waals surface area contributed by atoms with Gasteiger partial charge in [0.15, 0.2) is 0 Å². The molecule has 1 aromatic heterocycles. The maximum absolute atomic E-state index is 5.36. The zero-order valence-corrected chi connectivity index (χ0v) is 6.05. The molecule has 1 rings (SSSR count). The molecular weight excluding hydrogens is 126 g/mol. The molecule has 2 heteroatoms. The summed E-state index contributed by atoms with van der Waals surface area (Å²) in [5, 5.41) is 0. The smallest absolute Gasteiger partial charge is 0.118 e. The molecule has 2 N–H and O–H groups in total. The van der Waals surface area contributed by atoms with Crippen molar-refractivity contribution >= 4 is 6.08 Å². The minimum Gasteiger partial charge on any atom is -0.464 e. The van der Waals surface area contributed by atoms with Crippen molar-refractivity contribution in [2.24, 2.45) is 5.73 Å². The molecule has 0 aliphatic rings.